The lowest BCUT2D eigenvalue weighted by atomic mass is 10.0. The Hall–Kier alpha value is -2.08. The van der Waals surface area contributed by atoms with Gasteiger partial charge in [0.15, 0.2) is 5.92 Å². The molecule has 1 unspecified atom stereocenters. The summed E-state index contributed by atoms with van der Waals surface area (Å²) >= 11 is 0. The predicted octanol–water partition coefficient (Wildman–Crippen LogP) is 1.98. The van der Waals surface area contributed by atoms with Gasteiger partial charge in [0.1, 0.15) is 0 Å². The standard InChI is InChI=1S/C11H9NO2/c1-2-14-11(13)10(8-12)9-6-4-3-5-7-9/h2-7,10H,1H2. The Kier molecular flexibility index (Phi) is 3.45. The van der Waals surface area contributed by atoms with Gasteiger partial charge in [-0.05, 0) is 5.56 Å². The van der Waals surface area contributed by atoms with E-state index in [4.69, 9.17) is 5.26 Å². The van der Waals surface area contributed by atoms with Gasteiger partial charge in [-0.2, -0.15) is 5.26 Å². The number of benzene rings is 1. The summed E-state index contributed by atoms with van der Waals surface area (Å²) in [5.41, 5.74) is 0.627. The van der Waals surface area contributed by atoms with E-state index < -0.39 is 11.9 Å². The van der Waals surface area contributed by atoms with E-state index in [1.165, 1.54) is 0 Å². The molecule has 0 fully saturated rings. The fraction of sp³-hybridized carbons (Fsp3) is 0.0909. The van der Waals surface area contributed by atoms with Gasteiger partial charge in [-0.25, -0.2) is 4.79 Å². The second-order valence-electron chi connectivity index (χ2n) is 2.58. The van der Waals surface area contributed by atoms with Crippen molar-refractivity contribution >= 4 is 5.97 Å². The zero-order valence-corrected chi connectivity index (χ0v) is 7.51. The lowest BCUT2D eigenvalue weighted by molar-refractivity contribution is -0.138. The monoisotopic (exact) mass is 187 g/mol. The van der Waals surface area contributed by atoms with Gasteiger partial charge in [-0.1, -0.05) is 36.9 Å². The van der Waals surface area contributed by atoms with Crippen molar-refractivity contribution in [3.63, 3.8) is 0 Å². The molecular weight excluding hydrogens is 178 g/mol. The van der Waals surface area contributed by atoms with E-state index in [0.717, 1.165) is 6.26 Å². The number of ether oxygens (including phenoxy) is 1. The molecule has 0 aliphatic heterocycles. The van der Waals surface area contributed by atoms with Gasteiger partial charge < -0.3 is 4.74 Å². The minimum atomic E-state index is -0.880. The Morgan fingerprint density at radius 1 is 1.50 bits per heavy atom. The fourth-order valence-electron chi connectivity index (χ4n) is 1.06. The van der Waals surface area contributed by atoms with E-state index in [1.54, 1.807) is 24.3 Å². The van der Waals surface area contributed by atoms with E-state index in [-0.39, 0.29) is 0 Å². The minimum Gasteiger partial charge on any atom is -0.434 e. The molecule has 0 radical (unpaired) electrons. The van der Waals surface area contributed by atoms with Gasteiger partial charge in [0.25, 0.3) is 0 Å². The van der Waals surface area contributed by atoms with Crippen LogP contribution in [0, 0.1) is 11.3 Å². The second kappa shape index (κ2) is 4.83. The van der Waals surface area contributed by atoms with Gasteiger partial charge in [0.05, 0.1) is 12.3 Å². The van der Waals surface area contributed by atoms with Gasteiger partial charge >= 0.3 is 5.97 Å². The van der Waals surface area contributed by atoms with Gasteiger partial charge in [0, 0.05) is 0 Å². The number of hydrogen-bond donors (Lipinski definition) is 0. The Labute approximate surface area is 82.2 Å². The highest BCUT2D eigenvalue weighted by Crippen LogP contribution is 2.15. The van der Waals surface area contributed by atoms with Crippen molar-refractivity contribution in [3.05, 3.63) is 48.7 Å². The molecule has 3 nitrogen and oxygen atoms in total. The largest absolute Gasteiger partial charge is 0.434 e. The average Bonchev–Trinajstić information content (AvgIpc) is 2.21. The third kappa shape index (κ3) is 2.20. The van der Waals surface area contributed by atoms with Crippen LogP contribution in [-0.2, 0) is 9.53 Å². The topological polar surface area (TPSA) is 50.1 Å². The summed E-state index contributed by atoms with van der Waals surface area (Å²) in [6.07, 6.45) is 1.02. The summed E-state index contributed by atoms with van der Waals surface area (Å²) < 4.78 is 4.55. The lowest BCUT2D eigenvalue weighted by Crippen LogP contribution is -2.11. The van der Waals surface area contributed by atoms with E-state index in [9.17, 15) is 4.79 Å². The van der Waals surface area contributed by atoms with Crippen molar-refractivity contribution in [3.8, 4) is 6.07 Å². The molecule has 1 aromatic rings. The van der Waals surface area contributed by atoms with Crippen molar-refractivity contribution in [1.82, 2.24) is 0 Å². The number of esters is 1. The van der Waals surface area contributed by atoms with Crippen LogP contribution in [0.4, 0.5) is 0 Å². The Morgan fingerprint density at radius 3 is 2.64 bits per heavy atom. The second-order valence-corrected chi connectivity index (χ2v) is 2.58. The van der Waals surface area contributed by atoms with Crippen LogP contribution in [0.15, 0.2) is 43.2 Å². The highest BCUT2D eigenvalue weighted by atomic mass is 16.5. The zero-order valence-electron chi connectivity index (χ0n) is 7.51. The third-order valence-electron chi connectivity index (χ3n) is 1.70. The molecule has 3 heteroatoms. The van der Waals surface area contributed by atoms with Crippen LogP contribution in [-0.4, -0.2) is 5.97 Å². The molecule has 0 saturated carbocycles. The van der Waals surface area contributed by atoms with Gasteiger partial charge in [0.2, 0.25) is 0 Å². The number of nitrogens with zero attached hydrogens (tertiary/aromatic N) is 1. The normalized spacial score (nSPS) is 11.1. The maximum absolute atomic E-state index is 11.3. The molecular formula is C11H9NO2. The first-order valence-electron chi connectivity index (χ1n) is 4.05. The summed E-state index contributed by atoms with van der Waals surface area (Å²) in [7, 11) is 0. The van der Waals surface area contributed by atoms with Crippen LogP contribution >= 0.6 is 0 Å². The van der Waals surface area contributed by atoms with Crippen LogP contribution in [0.2, 0.25) is 0 Å². The van der Waals surface area contributed by atoms with Crippen LogP contribution in [0.5, 0.6) is 0 Å². The molecule has 1 aromatic carbocycles. The molecule has 0 bridgehead atoms. The van der Waals surface area contributed by atoms with Crippen molar-refractivity contribution in [2.24, 2.45) is 0 Å². The predicted molar refractivity (Wildman–Crippen MR) is 51.1 cm³/mol. The number of hydrogen-bond acceptors (Lipinski definition) is 3. The van der Waals surface area contributed by atoms with Crippen LogP contribution in [0.25, 0.3) is 0 Å². The molecule has 1 atom stereocenters. The molecule has 0 heterocycles. The lowest BCUT2D eigenvalue weighted by Gasteiger charge is -2.05. The number of carbonyl (C=O) groups is 1. The zero-order chi connectivity index (χ0) is 10.4. The average molecular weight is 187 g/mol. The van der Waals surface area contributed by atoms with Gasteiger partial charge in [-0.15, -0.1) is 0 Å². The van der Waals surface area contributed by atoms with Crippen LogP contribution < -0.4 is 0 Å². The molecule has 0 N–H and O–H groups in total. The molecule has 0 aromatic heterocycles. The Morgan fingerprint density at radius 2 is 2.14 bits per heavy atom. The third-order valence-corrected chi connectivity index (χ3v) is 1.70. The maximum atomic E-state index is 11.3. The fourth-order valence-corrected chi connectivity index (χ4v) is 1.06. The Bertz CT molecular complexity index is 365. The van der Waals surface area contributed by atoms with E-state index in [2.05, 4.69) is 11.3 Å². The molecule has 0 aliphatic carbocycles. The molecule has 1 rings (SSSR count). The first-order valence-corrected chi connectivity index (χ1v) is 4.05. The van der Waals surface area contributed by atoms with E-state index in [1.807, 2.05) is 12.1 Å². The summed E-state index contributed by atoms with van der Waals surface area (Å²) in [6, 6.07) is 10.6. The molecule has 0 spiro atoms. The van der Waals surface area contributed by atoms with Crippen molar-refractivity contribution in [2.45, 2.75) is 5.92 Å². The van der Waals surface area contributed by atoms with Crippen LogP contribution in [0.3, 0.4) is 0 Å². The van der Waals surface area contributed by atoms with E-state index >= 15 is 0 Å². The summed E-state index contributed by atoms with van der Waals surface area (Å²) in [6.45, 7) is 3.26. The Balaban J connectivity index is 2.89. The minimum absolute atomic E-state index is 0.603. The van der Waals surface area contributed by atoms with Crippen molar-refractivity contribution in [2.75, 3.05) is 0 Å². The quantitative estimate of drug-likeness (QED) is 0.537. The SMILES string of the molecule is C=COC(=O)C(C#N)c1ccccc1. The van der Waals surface area contributed by atoms with Crippen LogP contribution in [0.1, 0.15) is 11.5 Å². The van der Waals surface area contributed by atoms with Crippen molar-refractivity contribution < 1.29 is 9.53 Å². The smallest absolute Gasteiger partial charge is 0.332 e. The maximum Gasteiger partial charge on any atom is 0.332 e. The molecule has 0 saturated heterocycles. The highest BCUT2D eigenvalue weighted by molar-refractivity contribution is 5.81. The molecule has 0 amide bonds. The van der Waals surface area contributed by atoms with E-state index in [0.29, 0.717) is 5.56 Å². The molecule has 0 aliphatic rings. The first kappa shape index (κ1) is 10.0. The number of rotatable bonds is 3. The van der Waals surface area contributed by atoms with Crippen molar-refractivity contribution in [1.29, 1.82) is 5.26 Å². The van der Waals surface area contributed by atoms with Gasteiger partial charge in [-0.3, -0.25) is 0 Å². The summed E-state index contributed by atoms with van der Waals surface area (Å²) in [5.74, 6) is -1.48. The molecule has 14 heavy (non-hydrogen) atoms. The highest BCUT2D eigenvalue weighted by Gasteiger charge is 2.20. The number of carbonyl (C=O) groups excluding carboxylic acids is 1. The summed E-state index contributed by atoms with van der Waals surface area (Å²) in [4.78, 5) is 11.3. The molecule has 70 valence electrons. The number of nitriles is 1. The summed E-state index contributed by atoms with van der Waals surface area (Å²) in [5, 5.41) is 8.79. The first-order chi connectivity index (χ1) is 6.79.